The number of hydrogen-bond donors (Lipinski definition) is 2. The van der Waals surface area contributed by atoms with Crippen molar-refractivity contribution >= 4 is 40.8 Å². The summed E-state index contributed by atoms with van der Waals surface area (Å²) in [4.78, 5) is 28.6. The van der Waals surface area contributed by atoms with Gasteiger partial charge in [-0.15, -0.1) is 0 Å². The summed E-state index contributed by atoms with van der Waals surface area (Å²) in [6.07, 6.45) is 2.53. The number of carboxylic acids is 1. The molecule has 1 aliphatic heterocycles. The van der Waals surface area contributed by atoms with Crippen LogP contribution in [0, 0.1) is 12.7 Å². The first-order valence-corrected chi connectivity index (χ1v) is 14.2. The molecule has 0 bridgehead atoms. The molecule has 1 fully saturated rings. The molecule has 1 amide bonds. The van der Waals surface area contributed by atoms with Gasteiger partial charge in [0.15, 0.2) is 0 Å². The Morgan fingerprint density at radius 2 is 1.80 bits per heavy atom. The summed E-state index contributed by atoms with van der Waals surface area (Å²) in [5.74, 6) is -1.47. The number of carbonyl (C=O) groups excluding carboxylic acids is 1. The normalized spacial score (nSPS) is 15.0. The molecule has 1 atom stereocenters. The average Bonchev–Trinajstić information content (AvgIpc) is 2.92. The molecule has 1 saturated heterocycles. The van der Waals surface area contributed by atoms with Crippen LogP contribution < -0.4 is 10.2 Å². The fourth-order valence-corrected chi connectivity index (χ4v) is 5.70. The molecule has 0 aliphatic carbocycles. The second-order valence-corrected chi connectivity index (χ2v) is 11.2. The number of halogens is 3. The summed E-state index contributed by atoms with van der Waals surface area (Å²) < 4.78 is 14.7. The van der Waals surface area contributed by atoms with E-state index in [9.17, 15) is 19.1 Å². The molecule has 0 saturated carbocycles. The Labute approximate surface area is 244 Å². The molecular formula is C31H34Cl2FN3O3. The zero-order valence-electron chi connectivity index (χ0n) is 22.7. The highest BCUT2D eigenvalue weighted by atomic mass is 35.5. The number of nitrogens with one attached hydrogen (secondary N) is 1. The van der Waals surface area contributed by atoms with E-state index in [1.54, 1.807) is 36.4 Å². The molecule has 0 aromatic heterocycles. The Bertz CT molecular complexity index is 1320. The maximum atomic E-state index is 14.7. The molecule has 2 N–H and O–H groups in total. The van der Waals surface area contributed by atoms with Crippen molar-refractivity contribution in [1.29, 1.82) is 0 Å². The Morgan fingerprint density at radius 3 is 2.45 bits per heavy atom. The summed E-state index contributed by atoms with van der Waals surface area (Å²) in [6.45, 7) is 6.76. The number of likely N-dealkylation sites (tertiary alicyclic amines) is 1. The number of aryl methyl sites for hydroxylation is 1. The van der Waals surface area contributed by atoms with Crippen LogP contribution in [0.4, 0.5) is 10.1 Å². The second kappa shape index (κ2) is 13.5. The number of amides is 1. The van der Waals surface area contributed by atoms with Crippen molar-refractivity contribution < 1.29 is 19.1 Å². The minimum atomic E-state index is -0.986. The summed E-state index contributed by atoms with van der Waals surface area (Å²) >= 11 is 12.4. The molecule has 0 radical (unpaired) electrons. The molecule has 1 heterocycles. The second-order valence-electron chi connectivity index (χ2n) is 10.4. The van der Waals surface area contributed by atoms with Crippen molar-refractivity contribution in [3.05, 3.63) is 98.8 Å². The lowest BCUT2D eigenvalue weighted by molar-refractivity contribution is 0.0696. The van der Waals surface area contributed by atoms with Gasteiger partial charge in [-0.3, -0.25) is 4.79 Å². The fourth-order valence-electron chi connectivity index (χ4n) is 5.19. The molecule has 9 heteroatoms. The van der Waals surface area contributed by atoms with Gasteiger partial charge in [0.25, 0.3) is 5.91 Å². The highest BCUT2D eigenvalue weighted by Crippen LogP contribution is 2.28. The van der Waals surface area contributed by atoms with Crippen molar-refractivity contribution in [3.63, 3.8) is 0 Å². The number of nitrogens with zero attached hydrogens (tertiary/aromatic N) is 2. The van der Waals surface area contributed by atoms with E-state index in [2.05, 4.69) is 15.1 Å². The van der Waals surface area contributed by atoms with Crippen LogP contribution in [-0.4, -0.2) is 53.6 Å². The van der Waals surface area contributed by atoms with Crippen molar-refractivity contribution in [2.24, 2.45) is 0 Å². The lowest BCUT2D eigenvalue weighted by Gasteiger charge is -2.40. The number of aromatic carboxylic acids is 1. The van der Waals surface area contributed by atoms with Gasteiger partial charge in [0, 0.05) is 54.5 Å². The summed E-state index contributed by atoms with van der Waals surface area (Å²) in [5.41, 5.74) is 2.91. The monoisotopic (exact) mass is 585 g/mol. The SMILES string of the molecule is Cc1cccc(Cl)c1C(=O)NC(C)CCN1CCC(N(Cc2cc(Cl)ccc2F)c2ccc(C(=O)O)cc2)CC1. The molecule has 6 nitrogen and oxygen atoms in total. The van der Waals surface area contributed by atoms with Gasteiger partial charge < -0.3 is 20.2 Å². The van der Waals surface area contributed by atoms with E-state index in [0.717, 1.165) is 50.1 Å². The van der Waals surface area contributed by atoms with Crippen molar-refractivity contribution in [2.75, 3.05) is 24.5 Å². The van der Waals surface area contributed by atoms with Crippen LogP contribution >= 0.6 is 23.2 Å². The smallest absolute Gasteiger partial charge is 0.335 e. The van der Waals surface area contributed by atoms with E-state index in [0.29, 0.717) is 27.7 Å². The largest absolute Gasteiger partial charge is 0.478 e. The van der Waals surface area contributed by atoms with E-state index < -0.39 is 5.97 Å². The zero-order valence-corrected chi connectivity index (χ0v) is 24.2. The summed E-state index contributed by atoms with van der Waals surface area (Å²) in [5, 5.41) is 13.3. The van der Waals surface area contributed by atoms with E-state index in [-0.39, 0.29) is 29.4 Å². The van der Waals surface area contributed by atoms with Crippen LogP contribution in [0.15, 0.2) is 60.7 Å². The van der Waals surface area contributed by atoms with Gasteiger partial charge >= 0.3 is 5.97 Å². The van der Waals surface area contributed by atoms with Gasteiger partial charge in [-0.25, -0.2) is 9.18 Å². The molecule has 40 heavy (non-hydrogen) atoms. The summed E-state index contributed by atoms with van der Waals surface area (Å²) in [6, 6.07) is 16.8. The Morgan fingerprint density at radius 1 is 1.10 bits per heavy atom. The highest BCUT2D eigenvalue weighted by molar-refractivity contribution is 6.34. The third-order valence-corrected chi connectivity index (χ3v) is 8.05. The minimum absolute atomic E-state index is 0.0176. The Balaban J connectivity index is 1.37. The molecule has 1 unspecified atom stereocenters. The van der Waals surface area contributed by atoms with Crippen LogP contribution in [0.25, 0.3) is 0 Å². The molecule has 0 spiro atoms. The number of carbonyl (C=O) groups is 2. The van der Waals surface area contributed by atoms with E-state index in [4.69, 9.17) is 23.2 Å². The number of piperidine rings is 1. The Hall–Kier alpha value is -3.13. The number of rotatable bonds is 10. The van der Waals surface area contributed by atoms with Gasteiger partial charge in [-0.05, 0) is 87.2 Å². The van der Waals surface area contributed by atoms with Crippen LogP contribution in [-0.2, 0) is 6.54 Å². The van der Waals surface area contributed by atoms with Gasteiger partial charge in [0.05, 0.1) is 16.1 Å². The predicted molar refractivity (Wildman–Crippen MR) is 158 cm³/mol. The Kier molecular flexibility index (Phi) is 10.1. The summed E-state index contributed by atoms with van der Waals surface area (Å²) in [7, 11) is 0. The van der Waals surface area contributed by atoms with Crippen LogP contribution in [0.3, 0.4) is 0 Å². The first kappa shape index (κ1) is 29.8. The maximum Gasteiger partial charge on any atom is 0.335 e. The zero-order chi connectivity index (χ0) is 28.8. The van der Waals surface area contributed by atoms with Gasteiger partial charge in [-0.1, -0.05) is 35.3 Å². The third kappa shape index (κ3) is 7.53. The highest BCUT2D eigenvalue weighted by Gasteiger charge is 2.26. The average molecular weight is 587 g/mol. The minimum Gasteiger partial charge on any atom is -0.478 e. The number of benzene rings is 3. The van der Waals surface area contributed by atoms with E-state index in [1.165, 1.54) is 12.1 Å². The molecule has 3 aromatic rings. The first-order chi connectivity index (χ1) is 19.1. The number of hydrogen-bond acceptors (Lipinski definition) is 4. The van der Waals surface area contributed by atoms with E-state index in [1.807, 2.05) is 26.0 Å². The maximum absolute atomic E-state index is 14.7. The molecule has 1 aliphatic rings. The topological polar surface area (TPSA) is 72.9 Å². The fraction of sp³-hybridized carbons (Fsp3) is 0.355. The van der Waals surface area contributed by atoms with Gasteiger partial charge in [0.2, 0.25) is 0 Å². The standard InChI is InChI=1S/C31H34Cl2FN3O3/c1-20-4-3-5-27(33)29(20)30(38)35-21(2)12-15-36-16-13-26(14-17-36)37(19-23-18-24(32)8-11-28(23)34)25-9-6-22(7-10-25)31(39)40/h3-11,18,21,26H,12-17,19H2,1-2H3,(H,35,38)(H,39,40). The molecule has 3 aromatic carbocycles. The van der Waals surface area contributed by atoms with Crippen LogP contribution in [0.2, 0.25) is 10.0 Å². The lowest BCUT2D eigenvalue weighted by atomic mass is 10.00. The van der Waals surface area contributed by atoms with Crippen molar-refractivity contribution in [3.8, 4) is 0 Å². The molecule has 212 valence electrons. The predicted octanol–water partition coefficient (Wildman–Crippen LogP) is 6.82. The van der Waals surface area contributed by atoms with Crippen LogP contribution in [0.5, 0.6) is 0 Å². The molecule has 4 rings (SSSR count). The van der Waals surface area contributed by atoms with Crippen molar-refractivity contribution in [1.82, 2.24) is 10.2 Å². The van der Waals surface area contributed by atoms with Crippen molar-refractivity contribution in [2.45, 2.75) is 51.7 Å². The van der Waals surface area contributed by atoms with Gasteiger partial charge in [-0.2, -0.15) is 0 Å². The number of carboxylic acid groups (broad SMARTS) is 1. The van der Waals surface area contributed by atoms with Gasteiger partial charge in [0.1, 0.15) is 5.82 Å². The number of anilines is 1. The third-order valence-electron chi connectivity index (χ3n) is 7.50. The lowest BCUT2D eigenvalue weighted by Crippen LogP contribution is -2.46. The van der Waals surface area contributed by atoms with Crippen LogP contribution in [0.1, 0.15) is 58.0 Å². The van der Waals surface area contributed by atoms with E-state index >= 15 is 0 Å². The quantitative estimate of drug-likeness (QED) is 0.273. The molecular weight excluding hydrogens is 552 g/mol. The first-order valence-electron chi connectivity index (χ1n) is 13.4.